The average molecular weight is 698 g/mol. The van der Waals surface area contributed by atoms with Crippen molar-refractivity contribution in [3.8, 4) is 11.5 Å². The highest BCUT2D eigenvalue weighted by molar-refractivity contribution is 6.03. The zero-order valence-corrected chi connectivity index (χ0v) is 29.0. The van der Waals surface area contributed by atoms with Crippen molar-refractivity contribution in [2.75, 3.05) is 54.6 Å². The number of anilines is 2. The Kier molecular flexibility index (Phi) is 9.81. The van der Waals surface area contributed by atoms with Gasteiger partial charge in [-0.1, -0.05) is 12.1 Å². The van der Waals surface area contributed by atoms with Gasteiger partial charge < -0.3 is 30.4 Å². The van der Waals surface area contributed by atoms with Gasteiger partial charge >= 0.3 is 6.03 Å². The number of para-hydroxylation sites is 1. The maximum Gasteiger partial charge on any atom is 0.327 e. The van der Waals surface area contributed by atoms with E-state index in [9.17, 15) is 18.8 Å². The number of hydrogen-bond donors (Lipinski definition) is 2. The van der Waals surface area contributed by atoms with E-state index >= 15 is 0 Å². The second-order valence-corrected chi connectivity index (χ2v) is 13.8. The summed E-state index contributed by atoms with van der Waals surface area (Å²) in [6.07, 6.45) is 4.45. The van der Waals surface area contributed by atoms with Gasteiger partial charge in [0.15, 0.2) is 5.82 Å². The lowest BCUT2D eigenvalue weighted by Crippen LogP contribution is -2.58. The number of fused-ring (bicyclic) bond motifs is 1. The van der Waals surface area contributed by atoms with E-state index in [0.29, 0.717) is 90.8 Å². The standard InChI is InChI=1S/C38H44FN7O5/c1-24(40)36(47)43-17-19-44(20-18-43)46-35(42-32-6-4-3-5-31(32)37(46)48)25(2)45(38(49)41-29-13-11-28(39)12-14-29)33-16-15-30(50-22-26-7-8-26)21-34(33)51-23-27-9-10-27/h3-6,11-16,21,24-27H,7-10,17-20,22-23,40H2,1-2H3,(H,41,49)/t24-,25?/m0/s1. The Labute approximate surface area is 295 Å². The zero-order valence-electron chi connectivity index (χ0n) is 29.0. The Morgan fingerprint density at radius 3 is 2.27 bits per heavy atom. The second-order valence-electron chi connectivity index (χ2n) is 13.8. The maximum absolute atomic E-state index is 14.5. The number of piperazine rings is 1. The molecule has 2 atom stereocenters. The molecule has 7 rings (SSSR count). The maximum atomic E-state index is 14.5. The first-order chi connectivity index (χ1) is 24.7. The third-order valence-corrected chi connectivity index (χ3v) is 9.64. The van der Waals surface area contributed by atoms with E-state index in [0.717, 1.165) is 25.7 Å². The zero-order chi connectivity index (χ0) is 35.6. The number of hydrogen-bond acceptors (Lipinski definition) is 8. The minimum atomic E-state index is -0.826. The fraction of sp³-hybridized carbons (Fsp3) is 0.421. The molecule has 3 N–H and O–H groups in total. The molecule has 1 unspecified atom stereocenters. The quantitative estimate of drug-likeness (QED) is 0.210. The minimum absolute atomic E-state index is 0.154. The van der Waals surface area contributed by atoms with Crippen LogP contribution >= 0.6 is 0 Å². The molecule has 0 radical (unpaired) electrons. The molecule has 268 valence electrons. The van der Waals surface area contributed by atoms with E-state index in [1.54, 1.807) is 36.1 Å². The number of halogens is 1. The lowest BCUT2D eigenvalue weighted by atomic mass is 10.1. The molecule has 51 heavy (non-hydrogen) atoms. The molecule has 0 bridgehead atoms. The molecule has 2 aliphatic carbocycles. The largest absolute Gasteiger partial charge is 0.493 e. The van der Waals surface area contributed by atoms with Crippen molar-refractivity contribution in [2.45, 2.75) is 51.6 Å². The Balaban J connectivity index is 1.31. The molecule has 3 fully saturated rings. The smallest absolute Gasteiger partial charge is 0.327 e. The first-order valence-electron chi connectivity index (χ1n) is 17.7. The summed E-state index contributed by atoms with van der Waals surface area (Å²) in [4.78, 5) is 49.8. The van der Waals surface area contributed by atoms with Crippen LogP contribution in [0, 0.1) is 17.7 Å². The number of benzene rings is 3. The molecule has 2 saturated carbocycles. The van der Waals surface area contributed by atoms with Crippen LogP contribution in [-0.2, 0) is 4.79 Å². The van der Waals surface area contributed by atoms with E-state index in [2.05, 4.69) is 5.32 Å². The van der Waals surface area contributed by atoms with Crippen LogP contribution in [0.5, 0.6) is 11.5 Å². The number of amides is 3. The highest BCUT2D eigenvalue weighted by Crippen LogP contribution is 2.40. The Morgan fingerprint density at radius 1 is 0.941 bits per heavy atom. The van der Waals surface area contributed by atoms with Gasteiger partial charge in [0.05, 0.1) is 55.0 Å². The summed E-state index contributed by atoms with van der Waals surface area (Å²) in [7, 11) is 0. The summed E-state index contributed by atoms with van der Waals surface area (Å²) < 4.78 is 27.9. The molecule has 1 saturated heterocycles. The van der Waals surface area contributed by atoms with Crippen LogP contribution in [0.2, 0.25) is 0 Å². The average Bonchev–Trinajstić information content (AvgIpc) is 4.08. The van der Waals surface area contributed by atoms with Crippen molar-refractivity contribution >= 4 is 34.2 Å². The first-order valence-corrected chi connectivity index (χ1v) is 17.7. The normalized spacial score (nSPS) is 17.2. The van der Waals surface area contributed by atoms with Crippen LogP contribution in [0.4, 0.5) is 20.6 Å². The van der Waals surface area contributed by atoms with Gasteiger partial charge in [0.1, 0.15) is 17.3 Å². The SMILES string of the molecule is CC(c1nc2ccccc2c(=O)n1N1CCN(C(=O)[C@H](C)N)CC1)N(C(=O)Nc1ccc(F)cc1)c1ccc(OCC2CC2)cc1OCC1CC1. The Bertz CT molecular complexity index is 1950. The molecule has 4 aromatic rings. The van der Waals surface area contributed by atoms with Crippen LogP contribution in [0.1, 0.15) is 51.4 Å². The first kappa shape index (κ1) is 34.3. The molecule has 1 aliphatic heterocycles. The van der Waals surface area contributed by atoms with Crippen LogP contribution < -0.4 is 36.0 Å². The molecule has 0 spiro atoms. The predicted octanol–water partition coefficient (Wildman–Crippen LogP) is 5.04. The lowest BCUT2D eigenvalue weighted by Gasteiger charge is -2.39. The van der Waals surface area contributed by atoms with Gasteiger partial charge in [-0.15, -0.1) is 0 Å². The molecule has 3 aliphatic rings. The van der Waals surface area contributed by atoms with Gasteiger partial charge in [-0.25, -0.2) is 18.8 Å². The van der Waals surface area contributed by atoms with Gasteiger partial charge in [-0.05, 0) is 99.9 Å². The molecule has 3 amide bonds. The summed E-state index contributed by atoms with van der Waals surface area (Å²) in [6, 6.07) is 16.1. The Morgan fingerprint density at radius 2 is 1.61 bits per heavy atom. The fourth-order valence-corrected chi connectivity index (χ4v) is 6.30. The minimum Gasteiger partial charge on any atom is -0.493 e. The highest BCUT2D eigenvalue weighted by atomic mass is 19.1. The fourth-order valence-electron chi connectivity index (χ4n) is 6.30. The molecular formula is C38H44FN7O5. The summed E-state index contributed by atoms with van der Waals surface area (Å²) >= 11 is 0. The molecule has 12 nitrogen and oxygen atoms in total. The molecule has 2 heterocycles. The van der Waals surface area contributed by atoms with Gasteiger partial charge in [-0.2, -0.15) is 0 Å². The number of aromatic nitrogens is 2. The van der Waals surface area contributed by atoms with Crippen LogP contribution in [0.25, 0.3) is 10.9 Å². The van der Waals surface area contributed by atoms with E-state index in [4.69, 9.17) is 20.2 Å². The number of ether oxygens (including phenoxy) is 2. The van der Waals surface area contributed by atoms with Crippen LogP contribution in [-0.4, -0.2) is 71.9 Å². The van der Waals surface area contributed by atoms with Gasteiger partial charge in [0.25, 0.3) is 5.56 Å². The topological polar surface area (TPSA) is 135 Å². The number of rotatable bonds is 12. The number of nitrogens with two attached hydrogens (primary N) is 1. The number of nitrogens with zero attached hydrogens (tertiary/aromatic N) is 5. The summed E-state index contributed by atoms with van der Waals surface area (Å²) in [5.74, 6) is 1.84. The van der Waals surface area contributed by atoms with E-state index in [1.165, 1.54) is 33.8 Å². The molecular weight excluding hydrogens is 653 g/mol. The van der Waals surface area contributed by atoms with Crippen molar-refractivity contribution in [1.29, 1.82) is 0 Å². The third-order valence-electron chi connectivity index (χ3n) is 9.64. The third kappa shape index (κ3) is 7.78. The number of carbonyl (C=O) groups is 2. The monoisotopic (exact) mass is 697 g/mol. The van der Waals surface area contributed by atoms with Crippen molar-refractivity contribution in [3.63, 3.8) is 0 Å². The predicted molar refractivity (Wildman–Crippen MR) is 193 cm³/mol. The van der Waals surface area contributed by atoms with Crippen molar-refractivity contribution < 1.29 is 23.5 Å². The Hall–Kier alpha value is -5.17. The van der Waals surface area contributed by atoms with E-state index in [1.807, 2.05) is 30.1 Å². The summed E-state index contributed by atoms with van der Waals surface area (Å²) in [6.45, 7) is 6.01. The van der Waals surface area contributed by atoms with Crippen LogP contribution in [0.15, 0.2) is 71.5 Å². The lowest BCUT2D eigenvalue weighted by molar-refractivity contribution is -0.132. The van der Waals surface area contributed by atoms with Crippen molar-refractivity contribution in [3.05, 3.63) is 88.7 Å². The van der Waals surface area contributed by atoms with E-state index in [-0.39, 0.29) is 11.5 Å². The van der Waals surface area contributed by atoms with E-state index < -0.39 is 23.9 Å². The molecule has 13 heteroatoms. The summed E-state index contributed by atoms with van der Waals surface area (Å²) in [5, 5.41) is 5.21. The van der Waals surface area contributed by atoms with Crippen molar-refractivity contribution in [2.24, 2.45) is 17.6 Å². The van der Waals surface area contributed by atoms with Crippen molar-refractivity contribution in [1.82, 2.24) is 14.6 Å². The van der Waals surface area contributed by atoms with Gasteiger partial charge in [0, 0.05) is 24.8 Å². The number of urea groups is 1. The second kappa shape index (κ2) is 14.6. The highest BCUT2D eigenvalue weighted by Gasteiger charge is 2.34. The number of carbonyl (C=O) groups excluding carboxylic acids is 2. The van der Waals surface area contributed by atoms with Crippen LogP contribution in [0.3, 0.4) is 0 Å². The number of nitrogens with one attached hydrogen (secondary N) is 1. The molecule has 1 aromatic heterocycles. The van der Waals surface area contributed by atoms with Gasteiger partial charge in [-0.3, -0.25) is 14.5 Å². The summed E-state index contributed by atoms with van der Waals surface area (Å²) in [5.41, 5.74) is 6.94. The van der Waals surface area contributed by atoms with Gasteiger partial charge in [0.2, 0.25) is 5.91 Å². The molecule has 3 aromatic carbocycles.